The predicted molar refractivity (Wildman–Crippen MR) is 34.1 cm³/mol. The molecule has 0 aromatic rings. The van der Waals surface area contributed by atoms with Crippen molar-refractivity contribution in [1.29, 1.82) is 0 Å². The summed E-state index contributed by atoms with van der Waals surface area (Å²) in [5.41, 5.74) is 0. The molecule has 0 heterocycles. The smallest absolute Gasteiger partial charge is 0.264 e. The zero-order valence-electron chi connectivity index (χ0n) is 5.65. The fourth-order valence-corrected chi connectivity index (χ4v) is 0. The second-order valence-electron chi connectivity index (χ2n) is 0.896. The van der Waals surface area contributed by atoms with E-state index < -0.39 is 20.8 Å². The minimum Gasteiger partial charge on any atom is -0.264 e. The van der Waals surface area contributed by atoms with Gasteiger partial charge in [-0.25, -0.2) is 0 Å². The molecule has 0 aromatic carbocycles. The van der Waals surface area contributed by atoms with Crippen molar-refractivity contribution in [2.24, 2.45) is 0 Å². The zero-order valence-corrected chi connectivity index (χ0v) is 11.7. The molecule has 0 aliphatic rings. The molecule has 0 amide bonds. The van der Waals surface area contributed by atoms with Crippen LogP contribution in [0.5, 0.6) is 0 Å². The van der Waals surface area contributed by atoms with E-state index in [1.165, 1.54) is 0 Å². The van der Waals surface area contributed by atoms with E-state index in [4.69, 9.17) is 35.0 Å². The van der Waals surface area contributed by atoms with E-state index in [0.29, 0.717) is 0 Å². The van der Waals surface area contributed by atoms with Crippen molar-refractivity contribution in [1.82, 2.24) is 0 Å². The van der Waals surface area contributed by atoms with Gasteiger partial charge in [-0.15, -0.1) is 0 Å². The Kier molecular flexibility index (Phi) is 18.6. The van der Waals surface area contributed by atoms with Gasteiger partial charge in [0.2, 0.25) is 0 Å². The van der Waals surface area contributed by atoms with Gasteiger partial charge in [-0.05, 0) is 0 Å². The van der Waals surface area contributed by atoms with Crippen molar-refractivity contribution in [3.63, 3.8) is 0 Å². The summed E-state index contributed by atoms with van der Waals surface area (Å²) in [4.78, 5) is 0. The van der Waals surface area contributed by atoms with E-state index in [2.05, 4.69) is 0 Å². The molecule has 8 nitrogen and oxygen atoms in total. The van der Waals surface area contributed by atoms with Gasteiger partial charge in [-0.1, -0.05) is 0 Å². The van der Waals surface area contributed by atoms with Gasteiger partial charge in [0, 0.05) is 68.7 Å². The van der Waals surface area contributed by atoms with Gasteiger partial charge in [0.1, 0.15) is 0 Å². The number of hydrogen-bond donors (Lipinski definition) is 4. The maximum Gasteiger partial charge on any atom is 0.394 e. The van der Waals surface area contributed by atoms with Gasteiger partial charge in [0.25, 0.3) is 0 Å². The maximum atomic E-state index is 8.74. The first-order valence-electron chi connectivity index (χ1n) is 1.40. The summed E-state index contributed by atoms with van der Waals surface area (Å²) in [6.07, 6.45) is 0. The van der Waals surface area contributed by atoms with E-state index >= 15 is 0 Å². The third-order valence-corrected chi connectivity index (χ3v) is 0. The van der Waals surface area contributed by atoms with Crippen molar-refractivity contribution in [3.05, 3.63) is 0 Å². The minimum absolute atomic E-state index is 0. The molecule has 1 radical (unpaired) electrons. The quantitative estimate of drug-likeness (QED) is 0.304. The van der Waals surface area contributed by atoms with Crippen LogP contribution in [0.3, 0.4) is 0 Å². The minimum atomic E-state index is -4.67. The molecule has 0 saturated heterocycles. The summed E-state index contributed by atoms with van der Waals surface area (Å²) < 4.78 is 63.2. The van der Waals surface area contributed by atoms with Gasteiger partial charge in [0.15, 0.2) is 0 Å². The van der Waals surface area contributed by atoms with Crippen LogP contribution in [0, 0.1) is 0 Å². The molecule has 0 fully saturated rings. The Hall–Kier alpha value is 1.91. The van der Waals surface area contributed by atoms with Crippen LogP contribution in [0.15, 0.2) is 0 Å². The molecule has 0 atom stereocenters. The van der Waals surface area contributed by atoms with Crippen LogP contribution in [0.2, 0.25) is 0 Å². The van der Waals surface area contributed by atoms with Gasteiger partial charge in [0.05, 0.1) is 0 Å². The van der Waals surface area contributed by atoms with Gasteiger partial charge < -0.3 is 0 Å². The molecule has 12 heteroatoms. The third kappa shape index (κ3) is 389. The topological polar surface area (TPSA) is 149 Å². The van der Waals surface area contributed by atoms with Crippen molar-refractivity contribution in [2.75, 3.05) is 0 Å². The second kappa shape index (κ2) is 9.46. The van der Waals surface area contributed by atoms with Crippen LogP contribution < -0.4 is 0 Å². The summed E-state index contributed by atoms with van der Waals surface area (Å²) >= 11 is 0. The Labute approximate surface area is 122 Å². The Balaban J connectivity index is -0.0000000457. The molecule has 4 N–H and O–H groups in total. The van der Waals surface area contributed by atoms with Crippen LogP contribution in [0.4, 0.5) is 0 Å². The molecule has 0 saturated carbocycles. The molecule has 0 bridgehead atoms. The third-order valence-electron chi connectivity index (χ3n) is 0. The summed E-state index contributed by atoms with van der Waals surface area (Å²) in [5, 5.41) is 0. The first kappa shape index (κ1) is 23.6. The normalized spacial score (nSPS) is 9.67. The van der Waals surface area contributed by atoms with Crippen LogP contribution in [-0.2, 0) is 38.2 Å². The monoisotopic (exact) mass is 287 g/mol. The Morgan fingerprint density at radius 3 is 0.667 bits per heavy atom. The first-order valence-corrected chi connectivity index (χ1v) is 4.19. The molecular formula is H4CrKO8S2. The van der Waals surface area contributed by atoms with Gasteiger partial charge in [-0.3, -0.25) is 18.2 Å². The summed E-state index contributed by atoms with van der Waals surface area (Å²) in [6.45, 7) is 0. The standard InChI is InChI=1S/Cr.K.2H2O4S/c;;2*1-5(2,3)4/h;;2*(H2,1,2,3,4). The van der Waals surface area contributed by atoms with Crippen LogP contribution in [0.1, 0.15) is 0 Å². The van der Waals surface area contributed by atoms with Crippen molar-refractivity contribution in [2.45, 2.75) is 0 Å². The zero-order chi connectivity index (χ0) is 9.00. The molecule has 71 valence electrons. The van der Waals surface area contributed by atoms with E-state index in [1.54, 1.807) is 0 Å². The Morgan fingerprint density at radius 1 is 0.667 bits per heavy atom. The van der Waals surface area contributed by atoms with E-state index in [9.17, 15) is 0 Å². The van der Waals surface area contributed by atoms with E-state index in [-0.39, 0.29) is 68.7 Å². The summed E-state index contributed by atoms with van der Waals surface area (Å²) in [5.74, 6) is 0. The number of rotatable bonds is 0. The molecule has 0 spiro atoms. The van der Waals surface area contributed by atoms with Gasteiger partial charge >= 0.3 is 20.8 Å². The summed E-state index contributed by atoms with van der Waals surface area (Å²) in [6, 6.07) is 0. The number of hydrogen-bond acceptors (Lipinski definition) is 4. The van der Waals surface area contributed by atoms with Crippen LogP contribution in [0.25, 0.3) is 0 Å². The first-order chi connectivity index (χ1) is 4.00. The molecule has 0 aromatic heterocycles. The maximum absolute atomic E-state index is 8.74. The molecule has 0 aliphatic heterocycles. The van der Waals surface area contributed by atoms with Crippen molar-refractivity contribution >= 4 is 72.2 Å². The van der Waals surface area contributed by atoms with Crippen molar-refractivity contribution < 1.29 is 52.4 Å². The predicted octanol–water partition coefficient (Wildman–Crippen LogP) is -1.69. The van der Waals surface area contributed by atoms with Crippen LogP contribution >= 0.6 is 0 Å². The fraction of sp³-hybridized carbons (Fsp3) is 0. The molecular weight excluding hydrogens is 283 g/mol. The largest absolute Gasteiger partial charge is 0.394 e. The van der Waals surface area contributed by atoms with Crippen molar-refractivity contribution in [3.8, 4) is 0 Å². The molecule has 0 unspecified atom stereocenters. The SMILES string of the molecule is O=S(=O)(O)O.O=S(=O)(O)O.[Cr].[K]. The van der Waals surface area contributed by atoms with Gasteiger partial charge in [-0.2, -0.15) is 16.8 Å². The molecule has 0 aliphatic carbocycles. The summed E-state index contributed by atoms with van der Waals surface area (Å²) in [7, 11) is -9.33. The van der Waals surface area contributed by atoms with Crippen LogP contribution in [-0.4, -0.2) is 86.4 Å². The van der Waals surface area contributed by atoms with E-state index in [0.717, 1.165) is 0 Å². The fourth-order valence-electron chi connectivity index (χ4n) is 0. The Bertz CT molecular complexity index is 213. The average molecular weight is 287 g/mol. The Morgan fingerprint density at radius 2 is 0.667 bits per heavy atom. The van der Waals surface area contributed by atoms with E-state index in [1.807, 2.05) is 0 Å². The second-order valence-corrected chi connectivity index (χ2v) is 2.69. The molecule has 0 rings (SSSR count). The average Bonchev–Trinajstić information content (AvgIpc) is 1.12. The molecule has 12 heavy (non-hydrogen) atoms.